The fourth-order valence-electron chi connectivity index (χ4n) is 10.8. The lowest BCUT2D eigenvalue weighted by Crippen LogP contribution is -2.10. The van der Waals surface area contributed by atoms with E-state index in [4.69, 9.17) is 13.3 Å². The topological polar surface area (TPSA) is 52.5 Å². The van der Waals surface area contributed by atoms with Crippen LogP contribution in [0.3, 0.4) is 0 Å². The predicted octanol–water partition coefficient (Wildman–Crippen LogP) is 19.1. The Morgan fingerprint density at radius 1 is 0.286 bits per heavy atom. The molecule has 15 rings (SSSR count). The second-order valence-electron chi connectivity index (χ2n) is 17.2. The van der Waals surface area contributed by atoms with Gasteiger partial charge in [-0.15, -0.1) is 0 Å². The van der Waals surface area contributed by atoms with Crippen molar-refractivity contribution in [2.75, 3.05) is 4.90 Å². The molecule has 0 fully saturated rings. The molecule has 15 aromatic rings. The molecule has 5 heterocycles. The van der Waals surface area contributed by atoms with E-state index in [-0.39, 0.29) is 0 Å². The Hall–Kier alpha value is -9.00. The van der Waals surface area contributed by atoms with Crippen LogP contribution in [0.4, 0.5) is 17.1 Å². The van der Waals surface area contributed by atoms with Gasteiger partial charge in [0, 0.05) is 71.5 Å². The first-order valence-corrected chi connectivity index (χ1v) is 24.3. The molecule has 0 unspecified atom stereocenters. The van der Waals surface area contributed by atoms with Crippen LogP contribution < -0.4 is 4.90 Å². The van der Waals surface area contributed by atoms with Gasteiger partial charge >= 0.3 is 0 Å². The summed E-state index contributed by atoms with van der Waals surface area (Å²) in [6.07, 6.45) is 0. The second-order valence-corrected chi connectivity index (χ2v) is 17.2. The molecule has 5 aromatic heterocycles. The van der Waals surface area contributed by atoms with Gasteiger partial charge in [-0.05, 0) is 121 Å². The quantitative estimate of drug-likeness (QED) is 0.173. The van der Waals surface area contributed by atoms with Crippen LogP contribution in [0.2, 0.25) is 0 Å². The van der Waals surface area contributed by atoms with Crippen molar-refractivity contribution in [3.8, 4) is 11.4 Å². The van der Waals surface area contributed by atoms with Crippen LogP contribution in [0.1, 0.15) is 27.7 Å². The normalized spacial score (nSPS) is 11.7. The summed E-state index contributed by atoms with van der Waals surface area (Å²) in [5, 5.41) is 11.1. The van der Waals surface area contributed by atoms with Crippen LogP contribution in [0, 0.1) is 0 Å². The third-order valence-corrected chi connectivity index (χ3v) is 13.7. The van der Waals surface area contributed by atoms with Gasteiger partial charge in [-0.3, -0.25) is 0 Å². The molecular formula is C64H47N3O3. The van der Waals surface area contributed by atoms with Crippen molar-refractivity contribution < 1.29 is 13.3 Å². The highest BCUT2D eigenvalue weighted by molar-refractivity contribution is 6.29. The lowest BCUT2D eigenvalue weighted by atomic mass is 10.1. The number of furan rings is 3. The van der Waals surface area contributed by atoms with E-state index < -0.39 is 0 Å². The average molecular weight is 906 g/mol. The summed E-state index contributed by atoms with van der Waals surface area (Å²) in [6, 6.07) is 75.3. The van der Waals surface area contributed by atoms with Gasteiger partial charge in [0.05, 0.1) is 32.8 Å². The maximum absolute atomic E-state index is 7.20. The van der Waals surface area contributed by atoms with Crippen LogP contribution in [-0.2, 0) is 0 Å². The van der Waals surface area contributed by atoms with Gasteiger partial charge in [-0.25, -0.2) is 0 Å². The lowest BCUT2D eigenvalue weighted by Gasteiger charge is -2.26. The maximum atomic E-state index is 7.20. The molecule has 0 spiro atoms. The zero-order valence-electron chi connectivity index (χ0n) is 39.3. The Balaban J connectivity index is 0.00000117. The summed E-state index contributed by atoms with van der Waals surface area (Å²) in [7, 11) is 0. The van der Waals surface area contributed by atoms with Crippen LogP contribution in [0.5, 0.6) is 0 Å². The van der Waals surface area contributed by atoms with Gasteiger partial charge in [-0.2, -0.15) is 0 Å². The molecule has 0 saturated heterocycles. The minimum atomic E-state index is 0.861. The molecule has 0 saturated carbocycles. The Morgan fingerprint density at radius 3 is 1.19 bits per heavy atom. The zero-order chi connectivity index (χ0) is 47.0. The van der Waals surface area contributed by atoms with Crippen molar-refractivity contribution in [1.29, 1.82) is 0 Å². The maximum Gasteiger partial charge on any atom is 0.145 e. The SMILES string of the molecule is CC.CC.c1ccc(-n2c3ccccc3c3c4oc5c(ccc6c5c5ccccc5n6-c5ccc(N(c6ccc7oc8ccccc8c7c6)c6ccc7oc8ccccc8c7c6)cc5)c4ccc32)cc1. The number of hydrogen-bond acceptors (Lipinski definition) is 4. The molecule has 0 aliphatic rings. The zero-order valence-corrected chi connectivity index (χ0v) is 39.3. The van der Waals surface area contributed by atoms with E-state index >= 15 is 0 Å². The molecular weight excluding hydrogens is 859 g/mol. The number of hydrogen-bond donors (Lipinski definition) is 0. The van der Waals surface area contributed by atoms with Crippen molar-refractivity contribution in [3.63, 3.8) is 0 Å². The van der Waals surface area contributed by atoms with Crippen LogP contribution in [0.25, 0.3) is 121 Å². The molecule has 0 radical (unpaired) electrons. The number of rotatable bonds is 5. The van der Waals surface area contributed by atoms with Crippen LogP contribution >= 0.6 is 0 Å². The van der Waals surface area contributed by atoms with E-state index in [2.05, 4.69) is 202 Å². The Morgan fingerprint density at radius 2 is 0.686 bits per heavy atom. The molecule has 6 heteroatoms. The summed E-state index contributed by atoms with van der Waals surface area (Å²) in [6.45, 7) is 8.00. The third-order valence-electron chi connectivity index (χ3n) is 13.7. The smallest absolute Gasteiger partial charge is 0.145 e. The second kappa shape index (κ2) is 16.4. The predicted molar refractivity (Wildman–Crippen MR) is 294 cm³/mol. The molecule has 0 aliphatic heterocycles. The highest BCUT2D eigenvalue weighted by atomic mass is 16.3. The van der Waals surface area contributed by atoms with Gasteiger partial charge in [0.2, 0.25) is 0 Å². The minimum Gasteiger partial charge on any atom is -0.456 e. The highest BCUT2D eigenvalue weighted by Crippen LogP contribution is 2.46. The molecule has 0 aliphatic carbocycles. The highest BCUT2D eigenvalue weighted by Gasteiger charge is 2.23. The van der Waals surface area contributed by atoms with Gasteiger partial charge in [0.1, 0.15) is 33.5 Å². The molecule has 70 heavy (non-hydrogen) atoms. The fourth-order valence-corrected chi connectivity index (χ4v) is 10.8. The number of fused-ring (bicyclic) bond motifs is 17. The molecule has 0 atom stereocenters. The van der Waals surface area contributed by atoms with E-state index in [9.17, 15) is 0 Å². The van der Waals surface area contributed by atoms with Crippen molar-refractivity contribution in [2.24, 2.45) is 0 Å². The first kappa shape index (κ1) is 41.2. The summed E-state index contributed by atoms with van der Waals surface area (Å²) < 4.78 is 24.5. The van der Waals surface area contributed by atoms with Crippen LogP contribution in [-0.4, -0.2) is 9.13 Å². The standard InChI is InChI=1S/C60H35N3O3.2C2H6/c1-2-12-36(13-3-1)62-49-18-8-4-16-45(49)57-51(62)30-28-43-44-29-31-52-58(60(44)66-59(43)57)46-17-5-9-19-50(46)63(52)38-24-22-37(23-25-38)61(39-26-32-55-47(34-39)41-14-6-10-20-53(41)64-55)40-27-33-56-48(35-40)42-15-7-11-21-54(42)65-56;2*1-2/h1-35H;2*1-2H3. The Labute approximate surface area is 403 Å². The largest absolute Gasteiger partial charge is 0.456 e. The molecule has 6 nitrogen and oxygen atoms in total. The van der Waals surface area contributed by atoms with Crippen molar-refractivity contribution in [2.45, 2.75) is 27.7 Å². The fraction of sp³-hybridized carbons (Fsp3) is 0.0625. The molecule has 0 amide bonds. The molecule has 0 bridgehead atoms. The minimum absolute atomic E-state index is 0.861. The summed E-state index contributed by atoms with van der Waals surface area (Å²) in [5.74, 6) is 0. The van der Waals surface area contributed by atoms with E-state index in [0.29, 0.717) is 0 Å². The van der Waals surface area contributed by atoms with Crippen LogP contribution in [0.15, 0.2) is 226 Å². The summed E-state index contributed by atoms with van der Waals surface area (Å²) in [5.41, 5.74) is 15.0. The third kappa shape index (κ3) is 6.06. The monoisotopic (exact) mass is 905 g/mol. The number of para-hydroxylation sites is 5. The van der Waals surface area contributed by atoms with E-state index in [0.717, 1.165) is 132 Å². The van der Waals surface area contributed by atoms with E-state index in [1.165, 1.54) is 5.39 Å². The van der Waals surface area contributed by atoms with E-state index in [1.54, 1.807) is 0 Å². The van der Waals surface area contributed by atoms with Crippen molar-refractivity contribution >= 4 is 126 Å². The van der Waals surface area contributed by atoms with E-state index in [1.807, 2.05) is 52.0 Å². The van der Waals surface area contributed by atoms with Gasteiger partial charge < -0.3 is 27.3 Å². The molecule has 10 aromatic carbocycles. The first-order valence-electron chi connectivity index (χ1n) is 24.3. The Kier molecular flexibility index (Phi) is 9.63. The van der Waals surface area contributed by atoms with Gasteiger partial charge in [0.15, 0.2) is 0 Å². The van der Waals surface area contributed by atoms with Gasteiger partial charge in [-0.1, -0.05) is 119 Å². The number of anilines is 3. The summed E-state index contributed by atoms with van der Waals surface area (Å²) >= 11 is 0. The number of nitrogens with zero attached hydrogens (tertiary/aromatic N) is 3. The average Bonchev–Trinajstić information content (AvgIpc) is 4.25. The number of benzene rings is 10. The molecule has 0 N–H and O–H groups in total. The summed E-state index contributed by atoms with van der Waals surface area (Å²) in [4.78, 5) is 2.32. The molecule has 336 valence electrons. The number of aromatic nitrogens is 2. The first-order chi connectivity index (χ1) is 34.7. The Bertz CT molecular complexity index is 4350. The van der Waals surface area contributed by atoms with Crippen molar-refractivity contribution in [3.05, 3.63) is 212 Å². The van der Waals surface area contributed by atoms with Gasteiger partial charge in [0.25, 0.3) is 0 Å². The lowest BCUT2D eigenvalue weighted by molar-refractivity contribution is 0.668. The van der Waals surface area contributed by atoms with Crippen molar-refractivity contribution in [1.82, 2.24) is 9.13 Å².